The molecule has 1 unspecified atom stereocenters. The van der Waals surface area contributed by atoms with Gasteiger partial charge in [0.25, 0.3) is 0 Å². The zero-order chi connectivity index (χ0) is 11.6. The van der Waals surface area contributed by atoms with Crippen LogP contribution in [0.25, 0.3) is 0 Å². The third-order valence-corrected chi connectivity index (χ3v) is 2.39. The Morgan fingerprint density at radius 3 is 2.88 bits per heavy atom. The molecular formula is C11H19N3O2. The summed E-state index contributed by atoms with van der Waals surface area (Å²) in [5, 5.41) is 7.29. The largest absolute Gasteiger partial charge is 0.378 e. The van der Waals surface area contributed by atoms with Gasteiger partial charge in [0.05, 0.1) is 13.2 Å². The number of nitrogens with zero attached hydrogens (tertiary/aromatic N) is 2. The lowest BCUT2D eigenvalue weighted by atomic mass is 9.92. The van der Waals surface area contributed by atoms with E-state index in [-0.39, 0.29) is 11.5 Å². The Morgan fingerprint density at radius 1 is 1.44 bits per heavy atom. The SMILES string of the molecule is CC(C)(C)Cc1noc(C2COCCN2)n1. The smallest absolute Gasteiger partial charge is 0.246 e. The lowest BCUT2D eigenvalue weighted by molar-refractivity contribution is 0.0659. The average molecular weight is 225 g/mol. The number of hydrogen-bond acceptors (Lipinski definition) is 5. The van der Waals surface area contributed by atoms with E-state index < -0.39 is 0 Å². The van der Waals surface area contributed by atoms with E-state index in [1.807, 2.05) is 0 Å². The van der Waals surface area contributed by atoms with Gasteiger partial charge in [-0.3, -0.25) is 0 Å². The molecule has 16 heavy (non-hydrogen) atoms. The molecule has 2 rings (SSSR count). The van der Waals surface area contributed by atoms with Gasteiger partial charge in [-0.05, 0) is 5.41 Å². The van der Waals surface area contributed by atoms with Gasteiger partial charge in [0.1, 0.15) is 6.04 Å². The molecule has 5 nitrogen and oxygen atoms in total. The van der Waals surface area contributed by atoms with Gasteiger partial charge in [0, 0.05) is 13.0 Å². The molecule has 0 aliphatic carbocycles. The summed E-state index contributed by atoms with van der Waals surface area (Å²) in [7, 11) is 0. The van der Waals surface area contributed by atoms with Gasteiger partial charge in [-0.25, -0.2) is 0 Å². The molecule has 2 heterocycles. The molecule has 90 valence electrons. The third-order valence-electron chi connectivity index (χ3n) is 2.39. The van der Waals surface area contributed by atoms with Gasteiger partial charge in [-0.2, -0.15) is 4.98 Å². The van der Waals surface area contributed by atoms with Crippen LogP contribution in [0.5, 0.6) is 0 Å². The summed E-state index contributed by atoms with van der Waals surface area (Å²) in [6, 6.07) is 0.0509. The summed E-state index contributed by atoms with van der Waals surface area (Å²) in [5.41, 5.74) is 0.178. The fraction of sp³-hybridized carbons (Fsp3) is 0.818. The van der Waals surface area contributed by atoms with Crippen LogP contribution in [0.3, 0.4) is 0 Å². The first-order chi connectivity index (χ1) is 7.54. The van der Waals surface area contributed by atoms with E-state index in [1.165, 1.54) is 0 Å². The second kappa shape index (κ2) is 4.51. The van der Waals surface area contributed by atoms with Gasteiger partial charge in [0.2, 0.25) is 5.89 Å². The number of morpholine rings is 1. The fourth-order valence-corrected chi connectivity index (χ4v) is 1.68. The predicted octanol–water partition coefficient (Wildman–Crippen LogP) is 1.32. The maximum Gasteiger partial charge on any atom is 0.246 e. The van der Waals surface area contributed by atoms with Crippen molar-refractivity contribution in [2.45, 2.75) is 33.2 Å². The normalized spacial score (nSPS) is 22.3. The minimum Gasteiger partial charge on any atom is -0.378 e. The van der Waals surface area contributed by atoms with Crippen LogP contribution in [0.1, 0.15) is 38.5 Å². The highest BCUT2D eigenvalue weighted by Crippen LogP contribution is 2.20. The summed E-state index contributed by atoms with van der Waals surface area (Å²) in [6.45, 7) is 8.67. The number of rotatable bonds is 2. The van der Waals surface area contributed by atoms with Crippen molar-refractivity contribution in [2.75, 3.05) is 19.8 Å². The zero-order valence-electron chi connectivity index (χ0n) is 10.1. The van der Waals surface area contributed by atoms with Gasteiger partial charge < -0.3 is 14.6 Å². The number of aromatic nitrogens is 2. The number of nitrogens with one attached hydrogen (secondary N) is 1. The van der Waals surface area contributed by atoms with Crippen molar-refractivity contribution in [3.05, 3.63) is 11.7 Å². The van der Waals surface area contributed by atoms with Crippen molar-refractivity contribution in [1.29, 1.82) is 0 Å². The minimum absolute atomic E-state index is 0.0509. The van der Waals surface area contributed by atoms with Crippen LogP contribution in [0.2, 0.25) is 0 Å². The molecule has 0 saturated carbocycles. The molecule has 5 heteroatoms. The molecule has 0 spiro atoms. The molecule has 0 bridgehead atoms. The molecule has 1 saturated heterocycles. The molecule has 1 fully saturated rings. The van der Waals surface area contributed by atoms with E-state index in [0.29, 0.717) is 12.5 Å². The van der Waals surface area contributed by atoms with Crippen LogP contribution in [0.4, 0.5) is 0 Å². The monoisotopic (exact) mass is 225 g/mol. The molecule has 1 aliphatic rings. The van der Waals surface area contributed by atoms with Crippen molar-refractivity contribution in [3.63, 3.8) is 0 Å². The fourth-order valence-electron chi connectivity index (χ4n) is 1.68. The molecule has 0 aromatic carbocycles. The quantitative estimate of drug-likeness (QED) is 0.822. The number of hydrogen-bond donors (Lipinski definition) is 1. The molecule has 1 aromatic rings. The highest BCUT2D eigenvalue weighted by Gasteiger charge is 2.23. The van der Waals surface area contributed by atoms with Crippen LogP contribution >= 0.6 is 0 Å². The average Bonchev–Trinajstić information content (AvgIpc) is 2.65. The minimum atomic E-state index is 0.0509. The van der Waals surface area contributed by atoms with Gasteiger partial charge in [-0.15, -0.1) is 0 Å². The maximum absolute atomic E-state index is 5.36. The van der Waals surface area contributed by atoms with Crippen LogP contribution in [0, 0.1) is 5.41 Å². The Bertz CT molecular complexity index is 337. The van der Waals surface area contributed by atoms with Crippen LogP contribution < -0.4 is 5.32 Å². The van der Waals surface area contributed by atoms with Crippen molar-refractivity contribution in [1.82, 2.24) is 15.5 Å². The molecular weight excluding hydrogens is 206 g/mol. The Kier molecular flexibility index (Phi) is 3.25. The first-order valence-electron chi connectivity index (χ1n) is 5.68. The molecule has 1 aromatic heterocycles. The van der Waals surface area contributed by atoms with E-state index in [1.54, 1.807) is 0 Å². The van der Waals surface area contributed by atoms with E-state index >= 15 is 0 Å². The highest BCUT2D eigenvalue weighted by atomic mass is 16.5. The Balaban J connectivity index is 2.01. The van der Waals surface area contributed by atoms with Crippen molar-refractivity contribution < 1.29 is 9.26 Å². The Hall–Kier alpha value is -0.940. The predicted molar refractivity (Wildman–Crippen MR) is 59.0 cm³/mol. The van der Waals surface area contributed by atoms with Crippen molar-refractivity contribution >= 4 is 0 Å². The second-order valence-corrected chi connectivity index (χ2v) is 5.37. The summed E-state index contributed by atoms with van der Waals surface area (Å²) in [6.07, 6.45) is 0.823. The van der Waals surface area contributed by atoms with Crippen LogP contribution in [0.15, 0.2) is 4.52 Å². The zero-order valence-corrected chi connectivity index (χ0v) is 10.1. The van der Waals surface area contributed by atoms with Crippen LogP contribution in [-0.2, 0) is 11.2 Å². The van der Waals surface area contributed by atoms with E-state index in [9.17, 15) is 0 Å². The Morgan fingerprint density at radius 2 is 2.25 bits per heavy atom. The standard InChI is InChI=1S/C11H19N3O2/c1-11(2,3)6-9-13-10(16-14-9)8-7-15-5-4-12-8/h8,12H,4-7H2,1-3H3. The molecule has 0 radical (unpaired) electrons. The molecule has 1 atom stereocenters. The van der Waals surface area contributed by atoms with Crippen molar-refractivity contribution in [3.8, 4) is 0 Å². The van der Waals surface area contributed by atoms with Crippen molar-refractivity contribution in [2.24, 2.45) is 5.41 Å². The lowest BCUT2D eigenvalue weighted by Gasteiger charge is -2.20. The first-order valence-corrected chi connectivity index (χ1v) is 5.68. The third kappa shape index (κ3) is 3.02. The topological polar surface area (TPSA) is 60.2 Å². The summed E-state index contributed by atoms with van der Waals surface area (Å²) >= 11 is 0. The molecule has 1 N–H and O–H groups in total. The maximum atomic E-state index is 5.36. The lowest BCUT2D eigenvalue weighted by Crippen LogP contribution is -2.34. The van der Waals surface area contributed by atoms with Gasteiger partial charge >= 0.3 is 0 Å². The van der Waals surface area contributed by atoms with E-state index in [4.69, 9.17) is 9.26 Å². The summed E-state index contributed by atoms with van der Waals surface area (Å²) < 4.78 is 10.6. The van der Waals surface area contributed by atoms with Gasteiger partial charge in [0.15, 0.2) is 5.82 Å². The molecule has 1 aliphatic heterocycles. The first kappa shape index (κ1) is 11.5. The summed E-state index contributed by atoms with van der Waals surface area (Å²) in [4.78, 5) is 4.40. The van der Waals surface area contributed by atoms with E-state index in [0.717, 1.165) is 25.4 Å². The second-order valence-electron chi connectivity index (χ2n) is 5.37. The Labute approximate surface area is 95.6 Å². The molecule has 0 amide bonds. The van der Waals surface area contributed by atoms with Crippen LogP contribution in [-0.4, -0.2) is 29.9 Å². The van der Waals surface area contributed by atoms with E-state index in [2.05, 4.69) is 36.2 Å². The summed E-state index contributed by atoms with van der Waals surface area (Å²) in [5.74, 6) is 1.41. The highest BCUT2D eigenvalue weighted by molar-refractivity contribution is 4.95. The van der Waals surface area contributed by atoms with Gasteiger partial charge in [-0.1, -0.05) is 25.9 Å². The number of ether oxygens (including phenoxy) is 1.